The summed E-state index contributed by atoms with van der Waals surface area (Å²) < 4.78 is 7.04. The number of nitrogens with one attached hydrogen (secondary N) is 1. The summed E-state index contributed by atoms with van der Waals surface area (Å²) >= 11 is 0. The number of carbonyl (C=O) groups excluding carboxylic acids is 1. The maximum absolute atomic E-state index is 12.9. The first-order valence-electron chi connectivity index (χ1n) is 8.93. The number of nitrogens with zero attached hydrogens (tertiary/aromatic N) is 6. The molecule has 9 nitrogen and oxygen atoms in total. The number of carbonyl (C=O) groups is 1. The van der Waals surface area contributed by atoms with E-state index in [1.54, 1.807) is 37.6 Å². The van der Waals surface area contributed by atoms with Gasteiger partial charge >= 0.3 is 0 Å². The van der Waals surface area contributed by atoms with E-state index in [0.717, 1.165) is 25.2 Å². The van der Waals surface area contributed by atoms with E-state index in [2.05, 4.69) is 25.5 Å². The van der Waals surface area contributed by atoms with Gasteiger partial charge in [-0.05, 0) is 31.4 Å². The Labute approximate surface area is 156 Å². The molecular weight excluding hydrogens is 346 g/mol. The van der Waals surface area contributed by atoms with E-state index < -0.39 is 0 Å². The number of anilines is 1. The molecule has 0 saturated heterocycles. The Morgan fingerprint density at radius 2 is 2.15 bits per heavy atom. The van der Waals surface area contributed by atoms with Crippen LogP contribution in [0.5, 0.6) is 0 Å². The molecule has 9 heteroatoms. The third kappa shape index (κ3) is 3.97. The first-order chi connectivity index (χ1) is 13.2. The molecule has 0 bridgehead atoms. The smallest absolute Gasteiger partial charge is 0.276 e. The Morgan fingerprint density at radius 1 is 1.30 bits per heavy atom. The van der Waals surface area contributed by atoms with Crippen molar-refractivity contribution in [3.8, 4) is 0 Å². The van der Waals surface area contributed by atoms with Gasteiger partial charge in [-0.2, -0.15) is 5.10 Å². The summed E-state index contributed by atoms with van der Waals surface area (Å²) in [6.45, 7) is 4.40. The summed E-state index contributed by atoms with van der Waals surface area (Å²) in [6.07, 6.45) is 6.05. The minimum atomic E-state index is -0.120. The largest absolute Gasteiger partial charge is 0.361 e. The Kier molecular flexibility index (Phi) is 4.82. The second-order valence-corrected chi connectivity index (χ2v) is 6.67. The molecule has 4 heterocycles. The summed E-state index contributed by atoms with van der Waals surface area (Å²) in [5.41, 5.74) is 1.36. The zero-order chi connectivity index (χ0) is 18.6. The van der Waals surface area contributed by atoms with Gasteiger partial charge in [0.15, 0.2) is 5.69 Å². The molecule has 1 unspecified atom stereocenters. The standard InChI is InChI=1S/C18H21N7O2/c1-13-9-16(23-27-13)17(26)24-10-14(11-25-15(12-24)4-8-22-25)3-7-21-18-19-5-2-6-20-18/h2,4-6,8-9,14H,3,7,10-12H2,1H3,(H,19,20,21). The molecule has 1 amide bonds. The first-order valence-corrected chi connectivity index (χ1v) is 8.93. The molecule has 3 aromatic rings. The van der Waals surface area contributed by atoms with Gasteiger partial charge in [0.25, 0.3) is 5.91 Å². The maximum Gasteiger partial charge on any atom is 0.276 e. The number of hydrogen-bond acceptors (Lipinski definition) is 7. The van der Waals surface area contributed by atoms with Crippen molar-refractivity contribution < 1.29 is 9.32 Å². The van der Waals surface area contributed by atoms with Gasteiger partial charge in [0, 0.05) is 44.3 Å². The second kappa shape index (κ2) is 7.56. The predicted molar refractivity (Wildman–Crippen MR) is 96.8 cm³/mol. The van der Waals surface area contributed by atoms with E-state index in [0.29, 0.717) is 30.5 Å². The first kappa shape index (κ1) is 17.2. The van der Waals surface area contributed by atoms with Crippen LogP contribution < -0.4 is 5.32 Å². The third-order valence-electron chi connectivity index (χ3n) is 4.60. The van der Waals surface area contributed by atoms with Crippen LogP contribution in [0.25, 0.3) is 0 Å². The van der Waals surface area contributed by atoms with E-state index in [-0.39, 0.29) is 11.8 Å². The van der Waals surface area contributed by atoms with Crippen LogP contribution in [0.3, 0.4) is 0 Å². The lowest BCUT2D eigenvalue weighted by atomic mass is 10.1. The normalized spacial score (nSPS) is 16.6. The molecule has 1 atom stereocenters. The topological polar surface area (TPSA) is 102 Å². The van der Waals surface area contributed by atoms with E-state index >= 15 is 0 Å². The van der Waals surface area contributed by atoms with Crippen LogP contribution in [0.4, 0.5) is 5.95 Å². The zero-order valence-corrected chi connectivity index (χ0v) is 15.1. The molecule has 1 N–H and O–H groups in total. The van der Waals surface area contributed by atoms with Gasteiger partial charge in [0.1, 0.15) is 5.76 Å². The number of fused-ring (bicyclic) bond motifs is 1. The zero-order valence-electron chi connectivity index (χ0n) is 15.1. The van der Waals surface area contributed by atoms with E-state index in [9.17, 15) is 4.79 Å². The molecule has 1 aliphatic rings. The van der Waals surface area contributed by atoms with Crippen LogP contribution in [0.2, 0.25) is 0 Å². The molecule has 140 valence electrons. The summed E-state index contributed by atoms with van der Waals surface area (Å²) in [5, 5.41) is 11.5. The van der Waals surface area contributed by atoms with E-state index in [4.69, 9.17) is 4.52 Å². The van der Waals surface area contributed by atoms with Gasteiger partial charge in [-0.25, -0.2) is 9.97 Å². The SMILES string of the molecule is Cc1cc(C(=O)N2Cc3ccnn3CC(CCNc3ncccn3)C2)no1. The third-order valence-corrected chi connectivity index (χ3v) is 4.60. The molecule has 0 aromatic carbocycles. The Balaban J connectivity index is 1.46. The highest BCUT2D eigenvalue weighted by molar-refractivity contribution is 5.92. The summed E-state index contributed by atoms with van der Waals surface area (Å²) in [4.78, 5) is 23.0. The number of hydrogen-bond donors (Lipinski definition) is 1. The second-order valence-electron chi connectivity index (χ2n) is 6.67. The lowest BCUT2D eigenvalue weighted by molar-refractivity contribution is 0.0708. The Bertz CT molecular complexity index is 905. The molecule has 3 aromatic heterocycles. The van der Waals surface area contributed by atoms with Crippen molar-refractivity contribution in [2.75, 3.05) is 18.4 Å². The van der Waals surface area contributed by atoms with Crippen molar-refractivity contribution >= 4 is 11.9 Å². The maximum atomic E-state index is 12.9. The van der Waals surface area contributed by atoms with Crippen molar-refractivity contribution in [2.24, 2.45) is 5.92 Å². The monoisotopic (exact) mass is 367 g/mol. The number of amides is 1. The van der Waals surface area contributed by atoms with Gasteiger partial charge in [0.2, 0.25) is 5.95 Å². The van der Waals surface area contributed by atoms with E-state index in [1.807, 2.05) is 15.6 Å². The lowest BCUT2D eigenvalue weighted by Crippen LogP contribution is -2.34. The highest BCUT2D eigenvalue weighted by atomic mass is 16.5. The van der Waals surface area contributed by atoms with E-state index in [1.165, 1.54) is 0 Å². The van der Waals surface area contributed by atoms with Crippen molar-refractivity contribution in [1.29, 1.82) is 0 Å². The van der Waals surface area contributed by atoms with Gasteiger partial charge in [-0.3, -0.25) is 9.48 Å². The molecule has 0 spiro atoms. The van der Waals surface area contributed by atoms with Crippen LogP contribution in [-0.4, -0.2) is 48.8 Å². The van der Waals surface area contributed by atoms with Gasteiger partial charge in [-0.15, -0.1) is 0 Å². The summed E-state index contributed by atoms with van der Waals surface area (Å²) in [5.74, 6) is 1.36. The lowest BCUT2D eigenvalue weighted by Gasteiger charge is -2.23. The number of aryl methyl sites for hydroxylation is 1. The minimum Gasteiger partial charge on any atom is -0.361 e. The Hall–Kier alpha value is -3.23. The average molecular weight is 367 g/mol. The van der Waals surface area contributed by atoms with Crippen molar-refractivity contribution in [3.05, 3.63) is 53.9 Å². The summed E-state index contributed by atoms with van der Waals surface area (Å²) in [6, 6.07) is 5.41. The van der Waals surface area contributed by atoms with Crippen molar-refractivity contribution in [3.63, 3.8) is 0 Å². The van der Waals surface area contributed by atoms with Gasteiger partial charge in [-0.1, -0.05) is 5.16 Å². The van der Waals surface area contributed by atoms with Crippen LogP contribution >= 0.6 is 0 Å². The fraction of sp³-hybridized carbons (Fsp3) is 0.389. The molecule has 0 fully saturated rings. The van der Waals surface area contributed by atoms with Gasteiger partial charge in [0.05, 0.1) is 12.2 Å². The molecule has 1 aliphatic heterocycles. The molecular formula is C18H21N7O2. The number of rotatable bonds is 5. The summed E-state index contributed by atoms with van der Waals surface area (Å²) in [7, 11) is 0. The van der Waals surface area contributed by atoms with Gasteiger partial charge < -0.3 is 14.7 Å². The van der Waals surface area contributed by atoms with Crippen LogP contribution in [-0.2, 0) is 13.1 Å². The van der Waals surface area contributed by atoms with Crippen LogP contribution in [0.1, 0.15) is 28.4 Å². The quantitative estimate of drug-likeness (QED) is 0.733. The highest BCUT2D eigenvalue weighted by Gasteiger charge is 2.27. The minimum absolute atomic E-state index is 0.120. The van der Waals surface area contributed by atoms with Crippen molar-refractivity contribution in [1.82, 2.24) is 29.8 Å². The predicted octanol–water partition coefficient (Wildman–Crippen LogP) is 1.74. The molecule has 4 rings (SSSR count). The van der Waals surface area contributed by atoms with Crippen LogP contribution in [0.15, 0.2) is 41.3 Å². The Morgan fingerprint density at radius 3 is 2.93 bits per heavy atom. The van der Waals surface area contributed by atoms with Crippen LogP contribution in [0, 0.1) is 12.8 Å². The molecule has 27 heavy (non-hydrogen) atoms. The number of aromatic nitrogens is 5. The molecule has 0 radical (unpaired) electrons. The fourth-order valence-corrected chi connectivity index (χ4v) is 3.28. The average Bonchev–Trinajstić information content (AvgIpc) is 3.26. The van der Waals surface area contributed by atoms with Crippen molar-refractivity contribution in [2.45, 2.75) is 26.4 Å². The molecule has 0 aliphatic carbocycles. The fourth-order valence-electron chi connectivity index (χ4n) is 3.28. The highest BCUT2D eigenvalue weighted by Crippen LogP contribution is 2.20. The molecule has 0 saturated carbocycles.